The number of carbonyl (C=O) groups excluding carboxylic acids is 1. The van der Waals surface area contributed by atoms with Gasteiger partial charge in [-0.1, -0.05) is 36.4 Å². The minimum atomic E-state index is 0.0102. The Balaban J connectivity index is 1.83. The highest BCUT2D eigenvalue weighted by Crippen LogP contribution is 2.26. The number of fused-ring (bicyclic) bond motifs is 1. The van der Waals surface area contributed by atoms with Crippen LogP contribution in [0.15, 0.2) is 60.8 Å². The Morgan fingerprint density at radius 2 is 1.82 bits per heavy atom. The van der Waals surface area contributed by atoms with Gasteiger partial charge in [0.1, 0.15) is 0 Å². The van der Waals surface area contributed by atoms with E-state index < -0.39 is 0 Å². The molecule has 1 aromatic heterocycles. The van der Waals surface area contributed by atoms with Crippen LogP contribution in [0.25, 0.3) is 10.9 Å². The van der Waals surface area contributed by atoms with Crippen LogP contribution in [0, 0.1) is 0 Å². The number of nitrogens with zero attached hydrogens (tertiary/aromatic N) is 1. The predicted octanol–water partition coefficient (Wildman–Crippen LogP) is 4.40. The Kier molecular flexibility index (Phi) is 3.96. The fourth-order valence-electron chi connectivity index (χ4n) is 2.72. The molecule has 3 aromatic rings. The number of carbonyl (C=O) groups is 1. The number of anilines is 1. The van der Waals surface area contributed by atoms with Gasteiger partial charge in [0.2, 0.25) is 5.91 Å². The summed E-state index contributed by atoms with van der Waals surface area (Å²) < 4.78 is 2.21. The van der Waals surface area contributed by atoms with Gasteiger partial charge in [-0.2, -0.15) is 0 Å². The largest absolute Gasteiger partial charge is 0.345 e. The van der Waals surface area contributed by atoms with Crippen LogP contribution in [0.4, 0.5) is 5.69 Å². The van der Waals surface area contributed by atoms with Crippen LogP contribution in [-0.2, 0) is 11.2 Å². The highest BCUT2D eigenvalue weighted by Gasteiger charge is 2.10. The van der Waals surface area contributed by atoms with E-state index in [1.54, 1.807) is 0 Å². The maximum absolute atomic E-state index is 12.2. The van der Waals surface area contributed by atoms with E-state index in [0.29, 0.717) is 12.5 Å². The van der Waals surface area contributed by atoms with E-state index >= 15 is 0 Å². The molecule has 3 heteroatoms. The maximum atomic E-state index is 12.2. The first kappa shape index (κ1) is 14.4. The Morgan fingerprint density at radius 3 is 2.55 bits per heavy atom. The van der Waals surface area contributed by atoms with Crippen LogP contribution in [0.5, 0.6) is 0 Å². The van der Waals surface area contributed by atoms with Crippen LogP contribution >= 0.6 is 0 Å². The van der Waals surface area contributed by atoms with E-state index in [0.717, 1.165) is 22.2 Å². The molecule has 112 valence electrons. The zero-order valence-corrected chi connectivity index (χ0v) is 12.9. The lowest BCUT2D eigenvalue weighted by atomic mass is 10.1. The first-order chi connectivity index (χ1) is 10.6. The van der Waals surface area contributed by atoms with E-state index in [9.17, 15) is 4.79 Å². The molecule has 0 saturated carbocycles. The summed E-state index contributed by atoms with van der Waals surface area (Å²) in [6, 6.07) is 18.3. The third-order valence-electron chi connectivity index (χ3n) is 3.80. The molecule has 1 amide bonds. The SMILES string of the molecule is CC(C)n1ccc2c(NC(=O)Cc3ccccc3)cccc21. The summed E-state index contributed by atoms with van der Waals surface area (Å²) in [6.07, 6.45) is 2.46. The lowest BCUT2D eigenvalue weighted by Crippen LogP contribution is -2.14. The summed E-state index contributed by atoms with van der Waals surface area (Å²) in [6.45, 7) is 4.31. The van der Waals surface area contributed by atoms with Gasteiger partial charge in [-0.05, 0) is 37.6 Å². The maximum Gasteiger partial charge on any atom is 0.228 e. The molecule has 0 spiro atoms. The number of benzene rings is 2. The van der Waals surface area contributed by atoms with Crippen LogP contribution in [0.1, 0.15) is 25.5 Å². The highest BCUT2D eigenvalue weighted by atomic mass is 16.1. The number of aromatic nitrogens is 1. The van der Waals surface area contributed by atoms with Crippen molar-refractivity contribution in [1.82, 2.24) is 4.57 Å². The third-order valence-corrected chi connectivity index (χ3v) is 3.80. The minimum Gasteiger partial charge on any atom is -0.345 e. The molecule has 0 aliphatic rings. The zero-order chi connectivity index (χ0) is 15.5. The van der Waals surface area contributed by atoms with Gasteiger partial charge in [0.25, 0.3) is 0 Å². The van der Waals surface area contributed by atoms with Gasteiger partial charge in [0.05, 0.1) is 17.6 Å². The summed E-state index contributed by atoms with van der Waals surface area (Å²) in [5, 5.41) is 4.11. The van der Waals surface area contributed by atoms with Gasteiger partial charge >= 0.3 is 0 Å². The first-order valence-electron chi connectivity index (χ1n) is 7.58. The quantitative estimate of drug-likeness (QED) is 0.759. The Morgan fingerprint density at radius 1 is 1.05 bits per heavy atom. The topological polar surface area (TPSA) is 34.0 Å². The van der Waals surface area contributed by atoms with Crippen molar-refractivity contribution in [2.45, 2.75) is 26.3 Å². The Hall–Kier alpha value is -2.55. The molecule has 22 heavy (non-hydrogen) atoms. The van der Waals surface area contributed by atoms with E-state index in [1.165, 1.54) is 0 Å². The molecule has 0 radical (unpaired) electrons. The number of amides is 1. The summed E-state index contributed by atoms with van der Waals surface area (Å²) >= 11 is 0. The van der Waals surface area contributed by atoms with Crippen molar-refractivity contribution in [3.63, 3.8) is 0 Å². The van der Waals surface area contributed by atoms with Crippen molar-refractivity contribution >= 4 is 22.5 Å². The van der Waals surface area contributed by atoms with Crippen molar-refractivity contribution in [2.75, 3.05) is 5.32 Å². The minimum absolute atomic E-state index is 0.0102. The summed E-state index contributed by atoms with van der Waals surface area (Å²) in [5.74, 6) is 0.0102. The van der Waals surface area contributed by atoms with Crippen molar-refractivity contribution in [3.05, 3.63) is 66.4 Å². The molecule has 3 nitrogen and oxygen atoms in total. The molecule has 0 saturated heterocycles. The molecule has 3 rings (SSSR count). The van der Waals surface area contributed by atoms with Gasteiger partial charge in [0.15, 0.2) is 0 Å². The number of hydrogen-bond acceptors (Lipinski definition) is 1. The number of hydrogen-bond donors (Lipinski definition) is 1. The highest BCUT2D eigenvalue weighted by molar-refractivity contribution is 6.02. The second-order valence-corrected chi connectivity index (χ2v) is 5.77. The van der Waals surface area contributed by atoms with Crippen LogP contribution in [-0.4, -0.2) is 10.5 Å². The number of rotatable bonds is 4. The van der Waals surface area contributed by atoms with E-state index in [1.807, 2.05) is 42.5 Å². The number of nitrogens with one attached hydrogen (secondary N) is 1. The average Bonchev–Trinajstić information content (AvgIpc) is 2.93. The molecular formula is C19H20N2O. The molecule has 0 unspecified atom stereocenters. The van der Waals surface area contributed by atoms with Crippen molar-refractivity contribution in [2.24, 2.45) is 0 Å². The van der Waals surface area contributed by atoms with Crippen molar-refractivity contribution in [1.29, 1.82) is 0 Å². The third kappa shape index (κ3) is 2.89. The van der Waals surface area contributed by atoms with Crippen LogP contribution < -0.4 is 5.32 Å². The second kappa shape index (κ2) is 6.06. The molecule has 0 bridgehead atoms. The standard InChI is InChI=1S/C19H20N2O/c1-14(2)21-12-11-16-17(9-6-10-18(16)21)20-19(22)13-15-7-4-3-5-8-15/h3-12,14H,13H2,1-2H3,(H,20,22). The molecule has 0 aliphatic heterocycles. The Labute approximate surface area is 130 Å². The zero-order valence-electron chi connectivity index (χ0n) is 12.9. The Bertz CT molecular complexity index is 788. The molecule has 0 fully saturated rings. The van der Waals surface area contributed by atoms with Gasteiger partial charge < -0.3 is 9.88 Å². The van der Waals surface area contributed by atoms with Crippen molar-refractivity contribution < 1.29 is 4.79 Å². The fourth-order valence-corrected chi connectivity index (χ4v) is 2.72. The lowest BCUT2D eigenvalue weighted by Gasteiger charge is -2.11. The van der Waals surface area contributed by atoms with Gasteiger partial charge in [-0.25, -0.2) is 0 Å². The summed E-state index contributed by atoms with van der Waals surface area (Å²) in [7, 11) is 0. The monoisotopic (exact) mass is 292 g/mol. The summed E-state index contributed by atoms with van der Waals surface area (Å²) in [4.78, 5) is 12.2. The van der Waals surface area contributed by atoms with Gasteiger partial charge in [0, 0.05) is 17.6 Å². The molecular weight excluding hydrogens is 272 g/mol. The molecule has 2 aromatic carbocycles. The average molecular weight is 292 g/mol. The van der Waals surface area contributed by atoms with Crippen molar-refractivity contribution in [3.8, 4) is 0 Å². The van der Waals surface area contributed by atoms with Crippen LogP contribution in [0.3, 0.4) is 0 Å². The normalized spacial score (nSPS) is 11.0. The van der Waals surface area contributed by atoms with E-state index in [2.05, 4.69) is 42.1 Å². The first-order valence-corrected chi connectivity index (χ1v) is 7.58. The van der Waals surface area contributed by atoms with Gasteiger partial charge in [-0.3, -0.25) is 4.79 Å². The smallest absolute Gasteiger partial charge is 0.228 e. The van der Waals surface area contributed by atoms with Crippen LogP contribution in [0.2, 0.25) is 0 Å². The van der Waals surface area contributed by atoms with E-state index in [-0.39, 0.29) is 5.91 Å². The molecule has 1 heterocycles. The predicted molar refractivity (Wildman–Crippen MR) is 91.1 cm³/mol. The van der Waals surface area contributed by atoms with E-state index in [4.69, 9.17) is 0 Å². The second-order valence-electron chi connectivity index (χ2n) is 5.77. The summed E-state index contributed by atoms with van der Waals surface area (Å²) in [5.41, 5.74) is 3.04. The van der Waals surface area contributed by atoms with Gasteiger partial charge in [-0.15, -0.1) is 0 Å². The molecule has 0 atom stereocenters. The lowest BCUT2D eigenvalue weighted by molar-refractivity contribution is -0.115. The molecule has 0 aliphatic carbocycles. The fraction of sp³-hybridized carbons (Fsp3) is 0.211. The molecule has 1 N–H and O–H groups in total.